The third-order valence-electron chi connectivity index (χ3n) is 3.47. The lowest BCUT2D eigenvalue weighted by Crippen LogP contribution is -1.88. The van der Waals surface area contributed by atoms with Crippen molar-refractivity contribution in [1.29, 1.82) is 0 Å². The van der Waals surface area contributed by atoms with Crippen LogP contribution < -0.4 is 4.74 Å². The van der Waals surface area contributed by atoms with Gasteiger partial charge in [0.25, 0.3) is 0 Å². The van der Waals surface area contributed by atoms with Gasteiger partial charge in [-0.05, 0) is 24.6 Å². The summed E-state index contributed by atoms with van der Waals surface area (Å²) in [6.45, 7) is 2.00. The van der Waals surface area contributed by atoms with Crippen molar-refractivity contribution in [2.45, 2.75) is 6.92 Å². The van der Waals surface area contributed by atoms with Gasteiger partial charge in [0.15, 0.2) is 4.96 Å². The Morgan fingerprint density at radius 1 is 1.19 bits per heavy atom. The predicted octanol–water partition coefficient (Wildman–Crippen LogP) is 3.27. The first-order valence-corrected chi connectivity index (χ1v) is 7.42. The van der Waals surface area contributed by atoms with Crippen LogP contribution in [0, 0.1) is 6.92 Å². The topological polar surface area (TPSA) is 44.4 Å². The molecule has 0 atom stereocenters. The number of ether oxygens (including phenoxy) is 1. The van der Waals surface area contributed by atoms with Crippen LogP contribution in [0.2, 0.25) is 0 Å². The average molecular weight is 298 g/mol. The molecule has 106 valence electrons. The van der Waals surface area contributed by atoms with Gasteiger partial charge in [0.05, 0.1) is 17.7 Å². The van der Waals surface area contributed by atoms with Gasteiger partial charge in [0.1, 0.15) is 11.3 Å². The van der Waals surface area contributed by atoms with Gasteiger partial charge in [-0.2, -0.15) is 5.10 Å². The molecule has 4 aromatic rings. The van der Waals surface area contributed by atoms with Crippen LogP contribution in [0.15, 0.2) is 30.7 Å². The van der Waals surface area contributed by atoms with Crippen LogP contribution >= 0.6 is 11.3 Å². The second-order valence-electron chi connectivity index (χ2n) is 5.09. The van der Waals surface area contributed by atoms with Gasteiger partial charge in [-0.25, -0.2) is 4.98 Å². The number of benzene rings is 1. The number of methoxy groups -OCH3 is 1. The minimum absolute atomic E-state index is 0.797. The fraction of sp³-hybridized carbons (Fsp3) is 0.200. The van der Waals surface area contributed by atoms with Crippen molar-refractivity contribution in [3.05, 3.63) is 36.4 Å². The molecular weight excluding hydrogens is 284 g/mol. The van der Waals surface area contributed by atoms with Crippen molar-refractivity contribution in [2.24, 2.45) is 7.05 Å². The standard InChI is InChI=1S/C15H14N4OS/c1-9-6-19-8-13(21-15(19)16-9)10-4-11-7-18(2)17-14(11)12(5-10)20-3/h4-8H,1-3H3. The van der Waals surface area contributed by atoms with Gasteiger partial charge in [-0.1, -0.05) is 11.3 Å². The highest BCUT2D eigenvalue weighted by atomic mass is 32.1. The lowest BCUT2D eigenvalue weighted by Gasteiger charge is -2.03. The van der Waals surface area contributed by atoms with Crippen molar-refractivity contribution in [3.8, 4) is 16.2 Å². The third kappa shape index (κ3) is 1.91. The molecule has 21 heavy (non-hydrogen) atoms. The SMILES string of the molecule is COc1cc(-c2cn3cc(C)nc3s2)cc2cn(C)nc12. The normalized spacial score (nSPS) is 11.6. The molecule has 3 heterocycles. The lowest BCUT2D eigenvalue weighted by molar-refractivity contribution is 0.418. The molecule has 0 N–H and O–H groups in total. The first-order valence-electron chi connectivity index (χ1n) is 6.61. The Labute approximate surface area is 125 Å². The first kappa shape index (κ1) is 12.4. The van der Waals surface area contributed by atoms with Crippen LogP contribution in [0.5, 0.6) is 5.75 Å². The highest BCUT2D eigenvalue weighted by Gasteiger charge is 2.12. The summed E-state index contributed by atoms with van der Waals surface area (Å²) in [4.78, 5) is 6.68. The molecule has 1 aromatic carbocycles. The van der Waals surface area contributed by atoms with E-state index in [4.69, 9.17) is 4.74 Å². The summed E-state index contributed by atoms with van der Waals surface area (Å²) >= 11 is 1.67. The molecule has 0 aliphatic carbocycles. The number of aromatic nitrogens is 4. The Hall–Kier alpha value is -2.34. The molecule has 6 heteroatoms. The van der Waals surface area contributed by atoms with E-state index in [0.717, 1.165) is 32.9 Å². The van der Waals surface area contributed by atoms with Crippen LogP contribution in [0.1, 0.15) is 5.69 Å². The molecule has 3 aromatic heterocycles. The van der Waals surface area contributed by atoms with E-state index >= 15 is 0 Å². The second-order valence-corrected chi connectivity index (χ2v) is 6.10. The molecule has 0 aliphatic heterocycles. The molecule has 0 unspecified atom stereocenters. The van der Waals surface area contributed by atoms with E-state index in [1.54, 1.807) is 18.4 Å². The monoisotopic (exact) mass is 298 g/mol. The Morgan fingerprint density at radius 2 is 2.05 bits per heavy atom. The van der Waals surface area contributed by atoms with Crippen LogP contribution in [0.4, 0.5) is 0 Å². The van der Waals surface area contributed by atoms with Gasteiger partial charge in [-0.3, -0.25) is 9.08 Å². The summed E-state index contributed by atoms with van der Waals surface area (Å²) in [5.41, 5.74) is 3.05. The Balaban J connectivity index is 1.93. The maximum atomic E-state index is 5.48. The van der Waals surface area contributed by atoms with Gasteiger partial charge in [-0.15, -0.1) is 0 Å². The summed E-state index contributed by atoms with van der Waals surface area (Å²) < 4.78 is 9.36. The Morgan fingerprint density at radius 3 is 2.81 bits per heavy atom. The van der Waals surface area contributed by atoms with Gasteiger partial charge in [0.2, 0.25) is 0 Å². The van der Waals surface area contributed by atoms with E-state index in [-0.39, 0.29) is 0 Å². The molecule has 0 bridgehead atoms. The quantitative estimate of drug-likeness (QED) is 0.570. The molecule has 0 radical (unpaired) electrons. The first-order chi connectivity index (χ1) is 10.1. The zero-order valence-corrected chi connectivity index (χ0v) is 12.8. The summed E-state index contributed by atoms with van der Waals surface area (Å²) in [6, 6.07) is 4.18. The Kier molecular flexibility index (Phi) is 2.56. The van der Waals surface area contributed by atoms with Crippen LogP contribution in [-0.4, -0.2) is 26.3 Å². The number of fused-ring (bicyclic) bond motifs is 2. The molecule has 4 rings (SSSR count). The number of aryl methyl sites for hydroxylation is 2. The Bertz CT molecular complexity index is 931. The van der Waals surface area contributed by atoms with E-state index in [1.807, 2.05) is 37.1 Å². The van der Waals surface area contributed by atoms with Crippen molar-refractivity contribution >= 4 is 27.2 Å². The molecule has 0 spiro atoms. The third-order valence-corrected chi connectivity index (χ3v) is 4.51. The number of thiazole rings is 1. The summed E-state index contributed by atoms with van der Waals surface area (Å²) in [5, 5.41) is 5.52. The predicted molar refractivity (Wildman–Crippen MR) is 84.1 cm³/mol. The number of rotatable bonds is 2. The fourth-order valence-electron chi connectivity index (χ4n) is 2.57. The molecule has 0 fully saturated rings. The van der Waals surface area contributed by atoms with E-state index in [2.05, 4.69) is 26.7 Å². The molecule has 0 amide bonds. The van der Waals surface area contributed by atoms with Crippen LogP contribution in [0.3, 0.4) is 0 Å². The zero-order valence-electron chi connectivity index (χ0n) is 12.0. The number of imidazole rings is 1. The number of nitrogens with zero attached hydrogens (tertiary/aromatic N) is 4. The maximum Gasteiger partial charge on any atom is 0.194 e. The van der Waals surface area contributed by atoms with Gasteiger partial charge in [0, 0.05) is 31.0 Å². The summed E-state index contributed by atoms with van der Waals surface area (Å²) in [7, 11) is 3.60. The van der Waals surface area contributed by atoms with E-state index in [9.17, 15) is 0 Å². The molecule has 5 nitrogen and oxygen atoms in total. The van der Waals surface area contributed by atoms with Gasteiger partial charge >= 0.3 is 0 Å². The number of hydrogen-bond acceptors (Lipinski definition) is 4. The summed E-state index contributed by atoms with van der Waals surface area (Å²) in [5.74, 6) is 0.797. The molecular formula is C15H14N4OS. The highest BCUT2D eigenvalue weighted by molar-refractivity contribution is 7.20. The maximum absolute atomic E-state index is 5.48. The van der Waals surface area contributed by atoms with E-state index < -0.39 is 0 Å². The smallest absolute Gasteiger partial charge is 0.194 e. The van der Waals surface area contributed by atoms with Crippen LogP contribution in [0.25, 0.3) is 26.3 Å². The highest BCUT2D eigenvalue weighted by Crippen LogP contribution is 2.35. The van der Waals surface area contributed by atoms with Crippen LogP contribution in [-0.2, 0) is 7.05 Å². The van der Waals surface area contributed by atoms with E-state index in [0.29, 0.717) is 0 Å². The molecule has 0 saturated carbocycles. The molecule has 0 saturated heterocycles. The minimum atomic E-state index is 0.797. The van der Waals surface area contributed by atoms with Crippen molar-refractivity contribution in [1.82, 2.24) is 19.2 Å². The second kappa shape index (κ2) is 4.33. The minimum Gasteiger partial charge on any atom is -0.494 e. The average Bonchev–Trinajstić information content (AvgIpc) is 3.08. The zero-order chi connectivity index (χ0) is 14.6. The molecule has 0 aliphatic rings. The van der Waals surface area contributed by atoms with Crippen molar-refractivity contribution in [3.63, 3.8) is 0 Å². The summed E-state index contributed by atoms with van der Waals surface area (Å²) in [6.07, 6.45) is 6.15. The van der Waals surface area contributed by atoms with E-state index in [1.165, 1.54) is 4.88 Å². The van der Waals surface area contributed by atoms with Crippen molar-refractivity contribution < 1.29 is 4.74 Å². The number of hydrogen-bond donors (Lipinski definition) is 0. The lowest BCUT2D eigenvalue weighted by atomic mass is 10.1. The van der Waals surface area contributed by atoms with Gasteiger partial charge < -0.3 is 4.74 Å². The fourth-order valence-corrected chi connectivity index (χ4v) is 3.57. The largest absolute Gasteiger partial charge is 0.494 e. The van der Waals surface area contributed by atoms with Crippen molar-refractivity contribution in [2.75, 3.05) is 7.11 Å².